The molecule has 1 unspecified atom stereocenters. The molecule has 0 bridgehead atoms. The van der Waals surface area contributed by atoms with Crippen molar-refractivity contribution in [2.75, 3.05) is 13.1 Å². The van der Waals surface area contributed by atoms with Crippen LogP contribution in [-0.2, 0) is 9.59 Å². The third kappa shape index (κ3) is 2.27. The summed E-state index contributed by atoms with van der Waals surface area (Å²) in [5, 5.41) is 2.61. The lowest BCUT2D eigenvalue weighted by molar-refractivity contribution is -0.144. The summed E-state index contributed by atoms with van der Waals surface area (Å²) in [6.45, 7) is 2.40. The van der Waals surface area contributed by atoms with Crippen molar-refractivity contribution in [1.82, 2.24) is 10.2 Å². The van der Waals surface area contributed by atoms with E-state index in [9.17, 15) is 14.0 Å². The van der Waals surface area contributed by atoms with Gasteiger partial charge >= 0.3 is 0 Å². The quantitative estimate of drug-likeness (QED) is 0.827. The molecule has 0 radical (unpaired) electrons. The number of rotatable bonds is 2. The Balaban J connectivity index is 2.27. The van der Waals surface area contributed by atoms with E-state index in [1.165, 1.54) is 29.2 Å². The fraction of sp³-hybridized carbons (Fsp3) is 0.333. The molecule has 4 nitrogen and oxygen atoms in total. The van der Waals surface area contributed by atoms with Crippen LogP contribution in [0.5, 0.6) is 0 Å². The average Bonchev–Trinajstić information content (AvgIpc) is 2.33. The Kier molecular flexibility index (Phi) is 3.08. The van der Waals surface area contributed by atoms with Crippen LogP contribution in [0.15, 0.2) is 24.3 Å². The fourth-order valence-electron chi connectivity index (χ4n) is 1.85. The Morgan fingerprint density at radius 1 is 1.35 bits per heavy atom. The van der Waals surface area contributed by atoms with Crippen LogP contribution >= 0.6 is 0 Å². The maximum Gasteiger partial charge on any atom is 0.250 e. The minimum atomic E-state index is -0.697. The second-order valence-corrected chi connectivity index (χ2v) is 3.90. The molecule has 1 fully saturated rings. The zero-order valence-corrected chi connectivity index (χ0v) is 9.44. The monoisotopic (exact) mass is 236 g/mol. The van der Waals surface area contributed by atoms with E-state index in [4.69, 9.17) is 0 Å². The molecule has 1 N–H and O–H groups in total. The summed E-state index contributed by atoms with van der Waals surface area (Å²) in [5.74, 6) is -0.713. The molecule has 2 rings (SSSR count). The number of carbonyl (C=O) groups is 2. The molecule has 1 aliphatic heterocycles. The number of piperazine rings is 1. The Morgan fingerprint density at radius 2 is 2.00 bits per heavy atom. The van der Waals surface area contributed by atoms with E-state index in [1.807, 2.05) is 6.92 Å². The number of likely N-dealkylation sites (N-methyl/N-ethyl adjacent to an activating group) is 1. The van der Waals surface area contributed by atoms with Gasteiger partial charge in [0.05, 0.1) is 6.54 Å². The van der Waals surface area contributed by atoms with Gasteiger partial charge in [-0.1, -0.05) is 12.1 Å². The van der Waals surface area contributed by atoms with Gasteiger partial charge in [-0.05, 0) is 24.6 Å². The maximum absolute atomic E-state index is 12.8. The maximum atomic E-state index is 12.8. The highest BCUT2D eigenvalue weighted by atomic mass is 19.1. The van der Waals surface area contributed by atoms with Gasteiger partial charge in [-0.15, -0.1) is 0 Å². The molecule has 0 saturated carbocycles. The van der Waals surface area contributed by atoms with E-state index < -0.39 is 6.04 Å². The van der Waals surface area contributed by atoms with Gasteiger partial charge in [-0.25, -0.2) is 4.39 Å². The van der Waals surface area contributed by atoms with Gasteiger partial charge in [0.15, 0.2) is 0 Å². The van der Waals surface area contributed by atoms with Crippen molar-refractivity contribution in [3.63, 3.8) is 0 Å². The minimum Gasteiger partial charge on any atom is -0.339 e. The average molecular weight is 236 g/mol. The van der Waals surface area contributed by atoms with Crippen LogP contribution in [0.25, 0.3) is 0 Å². The molecule has 1 aromatic carbocycles. The van der Waals surface area contributed by atoms with E-state index in [0.29, 0.717) is 12.1 Å². The fourth-order valence-corrected chi connectivity index (χ4v) is 1.85. The predicted octanol–water partition coefficient (Wildman–Crippen LogP) is 0.845. The molecule has 2 amide bonds. The third-order valence-electron chi connectivity index (χ3n) is 2.78. The summed E-state index contributed by atoms with van der Waals surface area (Å²) in [4.78, 5) is 24.9. The van der Waals surface area contributed by atoms with Crippen molar-refractivity contribution in [3.05, 3.63) is 35.6 Å². The molecule has 1 aromatic rings. The highest BCUT2D eigenvalue weighted by Gasteiger charge is 2.32. The zero-order chi connectivity index (χ0) is 12.4. The number of amides is 2. The lowest BCUT2D eigenvalue weighted by Gasteiger charge is -2.31. The Morgan fingerprint density at radius 3 is 2.59 bits per heavy atom. The first-order valence-corrected chi connectivity index (χ1v) is 5.45. The van der Waals surface area contributed by atoms with Crippen molar-refractivity contribution in [2.24, 2.45) is 0 Å². The molecular weight excluding hydrogens is 223 g/mol. The Hall–Kier alpha value is -1.91. The second-order valence-electron chi connectivity index (χ2n) is 3.90. The van der Waals surface area contributed by atoms with E-state index in [1.54, 1.807) is 0 Å². The molecule has 0 spiro atoms. The van der Waals surface area contributed by atoms with Crippen LogP contribution in [0, 0.1) is 5.82 Å². The van der Waals surface area contributed by atoms with Crippen LogP contribution in [-0.4, -0.2) is 29.8 Å². The molecule has 90 valence electrons. The smallest absolute Gasteiger partial charge is 0.250 e. The van der Waals surface area contributed by atoms with E-state index in [0.717, 1.165) is 0 Å². The van der Waals surface area contributed by atoms with Crippen LogP contribution in [0.3, 0.4) is 0 Å². The summed E-state index contributed by atoms with van der Waals surface area (Å²) in [6, 6.07) is 4.88. The minimum absolute atomic E-state index is 0.0903. The third-order valence-corrected chi connectivity index (χ3v) is 2.78. The highest BCUT2D eigenvalue weighted by molar-refractivity contribution is 5.95. The van der Waals surface area contributed by atoms with E-state index >= 15 is 0 Å². The number of carbonyl (C=O) groups excluding carboxylic acids is 2. The lowest BCUT2D eigenvalue weighted by atomic mass is 10.0. The number of hydrogen-bond acceptors (Lipinski definition) is 2. The first-order valence-electron chi connectivity index (χ1n) is 5.45. The number of nitrogens with one attached hydrogen (secondary N) is 1. The summed E-state index contributed by atoms with van der Waals surface area (Å²) >= 11 is 0. The summed E-state index contributed by atoms with van der Waals surface area (Å²) in [6.07, 6.45) is 0. The zero-order valence-electron chi connectivity index (χ0n) is 9.44. The lowest BCUT2D eigenvalue weighted by Crippen LogP contribution is -2.53. The SMILES string of the molecule is CCN1CC(=O)NC(c2ccc(F)cc2)C1=O. The van der Waals surface area contributed by atoms with Gasteiger partial charge < -0.3 is 10.2 Å². The van der Waals surface area contributed by atoms with Crippen molar-refractivity contribution in [3.8, 4) is 0 Å². The largest absolute Gasteiger partial charge is 0.339 e. The molecule has 0 aromatic heterocycles. The topological polar surface area (TPSA) is 49.4 Å². The van der Waals surface area contributed by atoms with Crippen LogP contribution in [0.2, 0.25) is 0 Å². The van der Waals surface area contributed by atoms with Crippen LogP contribution < -0.4 is 5.32 Å². The van der Waals surface area contributed by atoms with Crippen molar-refractivity contribution < 1.29 is 14.0 Å². The van der Waals surface area contributed by atoms with Crippen molar-refractivity contribution >= 4 is 11.8 Å². The number of nitrogens with zero attached hydrogens (tertiary/aromatic N) is 1. The molecule has 1 saturated heterocycles. The molecule has 0 aliphatic carbocycles. The van der Waals surface area contributed by atoms with Crippen LogP contribution in [0.4, 0.5) is 4.39 Å². The van der Waals surface area contributed by atoms with Gasteiger partial charge in [0.25, 0.3) is 0 Å². The summed E-state index contributed by atoms with van der Waals surface area (Å²) in [7, 11) is 0. The van der Waals surface area contributed by atoms with Gasteiger partial charge in [0, 0.05) is 6.54 Å². The van der Waals surface area contributed by atoms with E-state index in [2.05, 4.69) is 5.32 Å². The first kappa shape index (κ1) is 11.6. The highest BCUT2D eigenvalue weighted by Crippen LogP contribution is 2.19. The molecule has 1 aliphatic rings. The van der Waals surface area contributed by atoms with Crippen LogP contribution in [0.1, 0.15) is 18.5 Å². The van der Waals surface area contributed by atoms with Crippen molar-refractivity contribution in [1.29, 1.82) is 0 Å². The van der Waals surface area contributed by atoms with Gasteiger partial charge in [0.2, 0.25) is 11.8 Å². The van der Waals surface area contributed by atoms with E-state index in [-0.39, 0.29) is 24.2 Å². The molecular formula is C12H13FN2O2. The Labute approximate surface area is 98.4 Å². The standard InChI is InChI=1S/C12H13FN2O2/c1-2-15-7-10(16)14-11(12(15)17)8-3-5-9(13)6-4-8/h3-6,11H,2,7H2,1H3,(H,14,16). The molecule has 1 atom stereocenters. The second kappa shape index (κ2) is 4.53. The summed E-state index contributed by atoms with van der Waals surface area (Å²) < 4.78 is 12.8. The summed E-state index contributed by atoms with van der Waals surface area (Å²) in [5.41, 5.74) is 0.600. The number of halogens is 1. The number of benzene rings is 1. The normalized spacial score (nSPS) is 20.4. The molecule has 1 heterocycles. The first-order chi connectivity index (χ1) is 8.11. The Bertz CT molecular complexity index is 444. The molecule has 17 heavy (non-hydrogen) atoms. The predicted molar refractivity (Wildman–Crippen MR) is 59.5 cm³/mol. The number of hydrogen-bond donors (Lipinski definition) is 1. The van der Waals surface area contributed by atoms with Crippen molar-refractivity contribution in [2.45, 2.75) is 13.0 Å². The van der Waals surface area contributed by atoms with Gasteiger partial charge in [-0.2, -0.15) is 0 Å². The van der Waals surface area contributed by atoms with Gasteiger partial charge in [-0.3, -0.25) is 9.59 Å². The van der Waals surface area contributed by atoms with Gasteiger partial charge in [0.1, 0.15) is 11.9 Å². The molecule has 5 heteroatoms.